The second-order valence-electron chi connectivity index (χ2n) is 7.71. The Labute approximate surface area is 116 Å². The van der Waals surface area contributed by atoms with Crippen molar-refractivity contribution in [2.45, 2.75) is 52.2 Å². The summed E-state index contributed by atoms with van der Waals surface area (Å²) in [6.07, 6.45) is 0. The summed E-state index contributed by atoms with van der Waals surface area (Å²) in [4.78, 5) is 2.35. The third kappa shape index (κ3) is 3.19. The minimum Gasteiger partial charge on any atom is -0.305 e. The zero-order valence-corrected chi connectivity index (χ0v) is 15.7. The molecular formula is C15H30NSi2-. The first-order chi connectivity index (χ1) is 7.96. The largest absolute Gasteiger partial charge is 0.305 e. The number of nitrogens with zero attached hydrogens (tertiary/aromatic N) is 1. The highest BCUT2D eigenvalue weighted by molar-refractivity contribution is 6.92. The van der Waals surface area contributed by atoms with Gasteiger partial charge in [-0.15, -0.1) is 5.56 Å². The molecule has 0 unspecified atom stereocenters. The van der Waals surface area contributed by atoms with Gasteiger partial charge in [-0.25, -0.2) is 6.07 Å². The third-order valence-corrected chi connectivity index (χ3v) is 7.91. The summed E-state index contributed by atoms with van der Waals surface area (Å²) in [6, 6.07) is 5.38. The Morgan fingerprint density at radius 1 is 1.06 bits per heavy atom. The van der Waals surface area contributed by atoms with E-state index in [2.05, 4.69) is 77.3 Å². The fraction of sp³-hybridized carbons (Fsp3) is 0.667. The molecule has 0 radical (unpaired) electrons. The SMILES string of the molecule is C[C@H](c1c([Si](C)(C)C)cc[c-]1[Si](C)(C)C)N(C)C. The van der Waals surface area contributed by atoms with Crippen LogP contribution in [0.4, 0.5) is 0 Å². The van der Waals surface area contributed by atoms with Crippen LogP contribution in [0.1, 0.15) is 18.5 Å². The van der Waals surface area contributed by atoms with E-state index in [9.17, 15) is 0 Å². The van der Waals surface area contributed by atoms with E-state index in [1.807, 2.05) is 0 Å². The second-order valence-corrected chi connectivity index (χ2v) is 17.8. The molecule has 1 aromatic carbocycles. The highest BCUT2D eigenvalue weighted by Crippen LogP contribution is 2.21. The Morgan fingerprint density at radius 3 is 1.89 bits per heavy atom. The van der Waals surface area contributed by atoms with E-state index in [1.165, 1.54) is 0 Å². The molecule has 1 nitrogen and oxygen atoms in total. The highest BCUT2D eigenvalue weighted by Gasteiger charge is 2.23. The summed E-state index contributed by atoms with van der Waals surface area (Å²) in [7, 11) is 1.89. The van der Waals surface area contributed by atoms with Gasteiger partial charge in [-0.2, -0.15) is 16.4 Å². The lowest BCUT2D eigenvalue weighted by molar-refractivity contribution is 0.323. The van der Waals surface area contributed by atoms with Gasteiger partial charge in [0.15, 0.2) is 0 Å². The molecule has 18 heavy (non-hydrogen) atoms. The van der Waals surface area contributed by atoms with E-state index in [0.29, 0.717) is 6.04 Å². The van der Waals surface area contributed by atoms with Gasteiger partial charge in [-0.1, -0.05) is 39.3 Å². The average Bonchev–Trinajstić information content (AvgIpc) is 2.58. The fourth-order valence-corrected chi connectivity index (χ4v) is 6.10. The predicted octanol–water partition coefficient (Wildman–Crippen LogP) is 3.12. The molecule has 1 aromatic rings. The summed E-state index contributed by atoms with van der Waals surface area (Å²) in [5.41, 5.74) is 1.65. The van der Waals surface area contributed by atoms with E-state index < -0.39 is 16.1 Å². The van der Waals surface area contributed by atoms with Gasteiger partial charge in [0.25, 0.3) is 0 Å². The van der Waals surface area contributed by atoms with Crippen molar-refractivity contribution in [2.75, 3.05) is 14.1 Å². The van der Waals surface area contributed by atoms with Crippen LogP contribution >= 0.6 is 0 Å². The van der Waals surface area contributed by atoms with Gasteiger partial charge < -0.3 is 4.90 Å². The van der Waals surface area contributed by atoms with E-state index in [1.54, 1.807) is 15.9 Å². The van der Waals surface area contributed by atoms with Gasteiger partial charge in [-0.3, -0.25) is 0 Å². The molecule has 0 heterocycles. The molecule has 1 atom stereocenters. The van der Waals surface area contributed by atoms with Crippen LogP contribution in [-0.2, 0) is 0 Å². The monoisotopic (exact) mass is 280 g/mol. The maximum atomic E-state index is 2.46. The predicted molar refractivity (Wildman–Crippen MR) is 90.1 cm³/mol. The molecule has 0 bridgehead atoms. The van der Waals surface area contributed by atoms with Gasteiger partial charge in [0, 0.05) is 22.2 Å². The van der Waals surface area contributed by atoms with Crippen LogP contribution in [0.3, 0.4) is 0 Å². The molecule has 0 aliphatic rings. The summed E-state index contributed by atoms with van der Waals surface area (Å²) < 4.78 is 0. The van der Waals surface area contributed by atoms with Crippen molar-refractivity contribution in [2.24, 2.45) is 0 Å². The van der Waals surface area contributed by atoms with Crippen molar-refractivity contribution in [3.8, 4) is 0 Å². The second kappa shape index (κ2) is 5.02. The third-order valence-electron chi connectivity index (χ3n) is 3.81. The molecule has 1 rings (SSSR count). The molecule has 0 aliphatic carbocycles. The minimum absolute atomic E-state index is 0.531. The van der Waals surface area contributed by atoms with Gasteiger partial charge >= 0.3 is 0 Å². The van der Waals surface area contributed by atoms with Crippen molar-refractivity contribution < 1.29 is 0 Å². The maximum absolute atomic E-state index is 2.46. The van der Waals surface area contributed by atoms with E-state index in [-0.39, 0.29) is 0 Å². The van der Waals surface area contributed by atoms with Crippen LogP contribution in [0.25, 0.3) is 0 Å². The Kier molecular flexibility index (Phi) is 4.41. The molecule has 104 valence electrons. The molecule has 0 aromatic heterocycles. The standard InChI is InChI=1S/C15H30NSi2/c1-12(16(2)3)15-13(17(4,5)6)10-11-14(15)18(7,8)9/h10-12H,1-9H3/q-1/t12-/m1/s1. The molecule has 0 fully saturated rings. The molecule has 3 heteroatoms. The minimum atomic E-state index is -1.25. The number of hydrogen-bond acceptors (Lipinski definition) is 1. The quantitative estimate of drug-likeness (QED) is 0.605. The van der Waals surface area contributed by atoms with Crippen LogP contribution in [0.15, 0.2) is 12.1 Å². The molecule has 0 saturated heterocycles. The Morgan fingerprint density at radius 2 is 1.56 bits per heavy atom. The van der Waals surface area contributed by atoms with Gasteiger partial charge in [0.1, 0.15) is 0 Å². The topological polar surface area (TPSA) is 3.24 Å². The first-order valence-corrected chi connectivity index (χ1v) is 13.9. The van der Waals surface area contributed by atoms with E-state index in [0.717, 1.165) is 0 Å². The average molecular weight is 281 g/mol. The first kappa shape index (κ1) is 15.8. The van der Waals surface area contributed by atoms with Gasteiger partial charge in [0.2, 0.25) is 0 Å². The highest BCUT2D eigenvalue weighted by atomic mass is 28.3. The lowest BCUT2D eigenvalue weighted by Gasteiger charge is -2.36. The Bertz CT molecular complexity index is 374. The molecule has 0 spiro atoms. The van der Waals surface area contributed by atoms with Crippen LogP contribution in [0.5, 0.6) is 0 Å². The Hall–Kier alpha value is -0.256. The fourth-order valence-electron chi connectivity index (χ4n) is 2.51. The molecule has 0 aliphatic heterocycles. The van der Waals surface area contributed by atoms with Crippen molar-refractivity contribution >= 4 is 26.5 Å². The van der Waals surface area contributed by atoms with Crippen LogP contribution in [0, 0.1) is 0 Å². The van der Waals surface area contributed by atoms with Crippen molar-refractivity contribution in [1.29, 1.82) is 0 Å². The van der Waals surface area contributed by atoms with Crippen molar-refractivity contribution in [3.63, 3.8) is 0 Å². The van der Waals surface area contributed by atoms with Crippen LogP contribution < -0.4 is 10.4 Å². The normalized spacial score (nSPS) is 15.2. The lowest BCUT2D eigenvalue weighted by Crippen LogP contribution is -2.47. The van der Waals surface area contributed by atoms with Crippen LogP contribution in [0.2, 0.25) is 39.3 Å². The van der Waals surface area contributed by atoms with Crippen molar-refractivity contribution in [1.82, 2.24) is 4.90 Å². The molecule has 0 amide bonds. The number of hydrogen-bond donors (Lipinski definition) is 0. The lowest BCUT2D eigenvalue weighted by atomic mass is 10.1. The maximum Gasteiger partial charge on any atom is 0.0150 e. The molecular weight excluding hydrogens is 250 g/mol. The van der Waals surface area contributed by atoms with Crippen LogP contribution in [-0.4, -0.2) is 35.1 Å². The smallest absolute Gasteiger partial charge is 0.0150 e. The zero-order chi connectivity index (χ0) is 14.3. The van der Waals surface area contributed by atoms with Gasteiger partial charge in [0.05, 0.1) is 0 Å². The summed E-state index contributed by atoms with van der Waals surface area (Å²) >= 11 is 0. The molecule has 0 N–H and O–H groups in total. The summed E-state index contributed by atoms with van der Waals surface area (Å²) in [6.45, 7) is 17.1. The number of rotatable bonds is 4. The van der Waals surface area contributed by atoms with Gasteiger partial charge in [-0.05, 0) is 21.0 Å². The van der Waals surface area contributed by atoms with E-state index in [4.69, 9.17) is 0 Å². The first-order valence-electron chi connectivity index (χ1n) is 6.93. The summed E-state index contributed by atoms with van der Waals surface area (Å²) in [5, 5.41) is 3.34. The van der Waals surface area contributed by atoms with Crippen molar-refractivity contribution in [3.05, 3.63) is 17.7 Å². The summed E-state index contributed by atoms with van der Waals surface area (Å²) in [5.74, 6) is 0. The van der Waals surface area contributed by atoms with E-state index >= 15 is 0 Å². The molecule has 0 saturated carbocycles. The Balaban J connectivity index is 3.45. The zero-order valence-electron chi connectivity index (χ0n) is 13.7.